The monoisotopic (exact) mass is 437 g/mol. The molecule has 0 spiro atoms. The van der Waals surface area contributed by atoms with Crippen LogP contribution in [-0.2, 0) is 31.8 Å². The van der Waals surface area contributed by atoms with Crippen LogP contribution in [-0.4, -0.2) is 31.1 Å². The van der Waals surface area contributed by atoms with Crippen molar-refractivity contribution in [3.63, 3.8) is 0 Å². The van der Waals surface area contributed by atoms with E-state index in [0.29, 0.717) is 12.1 Å². The summed E-state index contributed by atoms with van der Waals surface area (Å²) in [6, 6.07) is 8.11. The third kappa shape index (κ3) is 4.56. The molecule has 1 aromatic heterocycles. The second-order valence-corrected chi connectivity index (χ2v) is 7.49. The molecular formula is C21H18F3NO4S. The highest BCUT2D eigenvalue weighted by molar-refractivity contribution is 7.09. The van der Waals surface area contributed by atoms with Gasteiger partial charge in [-0.1, -0.05) is 18.2 Å². The Morgan fingerprint density at radius 1 is 1.00 bits per heavy atom. The van der Waals surface area contributed by atoms with Crippen LogP contribution in [0.25, 0.3) is 0 Å². The SMILES string of the molecule is COC(=O)C1=CN(Cc2cccs2)C=C(C(=O)OC)C1c1ccc(C(F)(F)F)cc1. The van der Waals surface area contributed by atoms with E-state index >= 15 is 0 Å². The van der Waals surface area contributed by atoms with Gasteiger partial charge in [0.05, 0.1) is 43.4 Å². The Bertz CT molecular complexity index is 945. The van der Waals surface area contributed by atoms with Crippen LogP contribution in [0.1, 0.15) is 21.9 Å². The predicted molar refractivity (Wildman–Crippen MR) is 104 cm³/mol. The number of thiophene rings is 1. The van der Waals surface area contributed by atoms with Crippen molar-refractivity contribution in [1.29, 1.82) is 0 Å². The number of carbonyl (C=O) groups is 2. The van der Waals surface area contributed by atoms with Crippen LogP contribution in [0, 0.1) is 0 Å². The molecule has 3 rings (SSSR count). The Hall–Kier alpha value is -3.07. The maximum atomic E-state index is 12.9. The largest absolute Gasteiger partial charge is 0.466 e. The summed E-state index contributed by atoms with van der Waals surface area (Å²) < 4.78 is 48.6. The molecule has 2 aromatic rings. The van der Waals surface area contributed by atoms with E-state index < -0.39 is 29.6 Å². The van der Waals surface area contributed by atoms with Gasteiger partial charge < -0.3 is 14.4 Å². The maximum Gasteiger partial charge on any atom is 0.416 e. The fraction of sp³-hybridized carbons (Fsp3) is 0.238. The number of halogens is 3. The highest BCUT2D eigenvalue weighted by Crippen LogP contribution is 2.39. The topological polar surface area (TPSA) is 55.8 Å². The highest BCUT2D eigenvalue weighted by Gasteiger charge is 2.36. The van der Waals surface area contributed by atoms with Gasteiger partial charge in [0.25, 0.3) is 0 Å². The molecule has 0 radical (unpaired) electrons. The summed E-state index contributed by atoms with van der Waals surface area (Å²) in [7, 11) is 2.40. The van der Waals surface area contributed by atoms with Crippen molar-refractivity contribution >= 4 is 23.3 Å². The lowest BCUT2D eigenvalue weighted by atomic mass is 9.83. The molecule has 158 valence electrons. The average molecular weight is 437 g/mol. The van der Waals surface area contributed by atoms with Gasteiger partial charge in [-0.25, -0.2) is 9.59 Å². The summed E-state index contributed by atoms with van der Waals surface area (Å²) in [4.78, 5) is 27.7. The van der Waals surface area contributed by atoms with Crippen molar-refractivity contribution in [2.45, 2.75) is 18.6 Å². The summed E-state index contributed by atoms with van der Waals surface area (Å²) in [5.41, 5.74) is -0.242. The molecule has 0 N–H and O–H groups in total. The molecular weight excluding hydrogens is 419 g/mol. The van der Waals surface area contributed by atoms with Gasteiger partial charge in [0.1, 0.15) is 0 Å². The lowest BCUT2D eigenvalue weighted by Crippen LogP contribution is -2.28. The third-order valence-corrected chi connectivity index (χ3v) is 5.43. The first-order valence-electron chi connectivity index (χ1n) is 8.80. The summed E-state index contributed by atoms with van der Waals surface area (Å²) in [6.07, 6.45) is -1.41. The van der Waals surface area contributed by atoms with Gasteiger partial charge in [-0.15, -0.1) is 11.3 Å². The predicted octanol–water partition coefficient (Wildman–Crippen LogP) is 4.48. The van der Waals surface area contributed by atoms with Gasteiger partial charge in [0, 0.05) is 17.3 Å². The van der Waals surface area contributed by atoms with Crippen molar-refractivity contribution in [3.05, 3.63) is 81.3 Å². The average Bonchev–Trinajstić information content (AvgIpc) is 3.24. The number of ether oxygens (including phenoxy) is 2. The van der Waals surface area contributed by atoms with Crippen LogP contribution in [0.5, 0.6) is 0 Å². The number of alkyl halides is 3. The van der Waals surface area contributed by atoms with Crippen LogP contribution < -0.4 is 0 Å². The molecule has 0 fully saturated rings. The normalized spacial score (nSPS) is 14.8. The van der Waals surface area contributed by atoms with E-state index in [4.69, 9.17) is 9.47 Å². The highest BCUT2D eigenvalue weighted by atomic mass is 32.1. The Kier molecular flexibility index (Phi) is 6.31. The number of methoxy groups -OCH3 is 2. The number of rotatable bonds is 5. The smallest absolute Gasteiger partial charge is 0.416 e. The van der Waals surface area contributed by atoms with E-state index in [-0.39, 0.29) is 11.1 Å². The standard InChI is InChI=1S/C21H18F3NO4S/c1-28-19(26)16-11-25(10-15-4-3-9-30-15)12-17(20(27)29-2)18(16)13-5-7-14(8-6-13)21(22,23)24/h3-9,11-12,18H,10H2,1-2H3. The summed E-state index contributed by atoms with van der Waals surface area (Å²) in [5.74, 6) is -2.30. The van der Waals surface area contributed by atoms with Gasteiger partial charge in [0.15, 0.2) is 0 Å². The number of hydrogen-bond acceptors (Lipinski definition) is 6. The molecule has 0 unspecified atom stereocenters. The molecule has 30 heavy (non-hydrogen) atoms. The molecule has 5 nitrogen and oxygen atoms in total. The van der Waals surface area contributed by atoms with Crippen molar-refractivity contribution < 1.29 is 32.2 Å². The summed E-state index contributed by atoms with van der Waals surface area (Å²) in [6.45, 7) is 0.401. The van der Waals surface area contributed by atoms with E-state index in [2.05, 4.69) is 0 Å². The summed E-state index contributed by atoms with van der Waals surface area (Å²) in [5, 5.41) is 1.90. The van der Waals surface area contributed by atoms with Crippen molar-refractivity contribution in [3.8, 4) is 0 Å². The number of nitrogens with zero attached hydrogens (tertiary/aromatic N) is 1. The maximum absolute atomic E-state index is 12.9. The second-order valence-electron chi connectivity index (χ2n) is 6.46. The zero-order valence-corrected chi connectivity index (χ0v) is 16.9. The van der Waals surface area contributed by atoms with Gasteiger partial charge in [-0.2, -0.15) is 13.2 Å². The fourth-order valence-corrected chi connectivity index (χ4v) is 3.90. The first kappa shape index (κ1) is 21.6. The van der Waals surface area contributed by atoms with Gasteiger partial charge >= 0.3 is 18.1 Å². The van der Waals surface area contributed by atoms with Gasteiger partial charge in [0.2, 0.25) is 0 Å². The zero-order chi connectivity index (χ0) is 21.9. The van der Waals surface area contributed by atoms with E-state index in [1.807, 2.05) is 17.5 Å². The Labute approximate surface area is 175 Å². The zero-order valence-electron chi connectivity index (χ0n) is 16.1. The number of esters is 2. The molecule has 0 amide bonds. The molecule has 1 aromatic carbocycles. The van der Waals surface area contributed by atoms with E-state index in [1.54, 1.807) is 17.3 Å². The summed E-state index contributed by atoms with van der Waals surface area (Å²) >= 11 is 1.51. The first-order chi connectivity index (χ1) is 14.2. The minimum atomic E-state index is -4.50. The lowest BCUT2D eigenvalue weighted by molar-refractivity contribution is -0.138. The van der Waals surface area contributed by atoms with E-state index in [1.165, 1.54) is 37.7 Å². The number of hydrogen-bond donors (Lipinski definition) is 0. The molecule has 0 bridgehead atoms. The van der Waals surface area contributed by atoms with Crippen LogP contribution in [0.2, 0.25) is 0 Å². The quantitative estimate of drug-likeness (QED) is 0.646. The van der Waals surface area contributed by atoms with E-state index in [9.17, 15) is 22.8 Å². The van der Waals surface area contributed by atoms with Gasteiger partial charge in [-0.3, -0.25) is 0 Å². The van der Waals surface area contributed by atoms with Crippen LogP contribution in [0.15, 0.2) is 65.3 Å². The number of carbonyl (C=O) groups excluding carboxylic acids is 2. The van der Waals surface area contributed by atoms with E-state index in [0.717, 1.165) is 17.0 Å². The fourth-order valence-electron chi connectivity index (χ4n) is 3.19. The Morgan fingerprint density at radius 3 is 2.00 bits per heavy atom. The second kappa shape index (κ2) is 8.74. The van der Waals surface area contributed by atoms with Gasteiger partial charge in [-0.05, 0) is 29.1 Å². The van der Waals surface area contributed by atoms with Crippen LogP contribution in [0.3, 0.4) is 0 Å². The van der Waals surface area contributed by atoms with Crippen LogP contribution in [0.4, 0.5) is 13.2 Å². The van der Waals surface area contributed by atoms with Crippen molar-refractivity contribution in [2.24, 2.45) is 0 Å². The molecule has 0 saturated heterocycles. The molecule has 1 aliphatic heterocycles. The Balaban J connectivity index is 2.06. The number of benzene rings is 1. The minimum Gasteiger partial charge on any atom is -0.466 e. The first-order valence-corrected chi connectivity index (χ1v) is 9.68. The lowest BCUT2D eigenvalue weighted by Gasteiger charge is -2.30. The molecule has 0 atom stereocenters. The molecule has 1 aliphatic rings. The van der Waals surface area contributed by atoms with Crippen molar-refractivity contribution in [1.82, 2.24) is 4.90 Å². The van der Waals surface area contributed by atoms with Crippen LogP contribution >= 0.6 is 11.3 Å². The van der Waals surface area contributed by atoms with Crippen molar-refractivity contribution in [2.75, 3.05) is 14.2 Å². The molecule has 9 heteroatoms. The molecule has 0 aliphatic carbocycles. The molecule has 2 heterocycles. The Morgan fingerprint density at radius 2 is 1.57 bits per heavy atom. The molecule has 0 saturated carbocycles. The third-order valence-electron chi connectivity index (χ3n) is 4.56. The minimum absolute atomic E-state index is 0.122.